The highest BCUT2D eigenvalue weighted by Gasteiger charge is 2.08. The van der Waals surface area contributed by atoms with Crippen molar-refractivity contribution in [1.82, 2.24) is 9.97 Å². The van der Waals surface area contributed by atoms with Crippen molar-refractivity contribution in [3.63, 3.8) is 0 Å². The maximum atomic E-state index is 12.2. The Bertz CT molecular complexity index is 1130. The summed E-state index contributed by atoms with van der Waals surface area (Å²) in [6.45, 7) is 0. The fraction of sp³-hybridized carbons (Fsp3) is 0.0417. The first-order chi connectivity index (χ1) is 15.2. The van der Waals surface area contributed by atoms with Crippen molar-refractivity contribution in [2.24, 2.45) is 0 Å². The van der Waals surface area contributed by atoms with Crippen LogP contribution in [0, 0.1) is 0 Å². The van der Waals surface area contributed by atoms with E-state index in [4.69, 9.17) is 0 Å². The Morgan fingerprint density at radius 2 is 1.32 bits per heavy atom. The standard InChI is InChI=1S/C24H22N6O/c1-30(22-16-17-25-23(29-22)26-18-8-4-2-5-9-18)21-14-12-20(13-15-21)28-24(31)27-19-10-6-3-7-11-19/h2-17H,1H3,(H,25,26,29)(H2,27,28,31). The molecule has 0 spiro atoms. The minimum Gasteiger partial charge on any atom is -0.329 e. The first kappa shape index (κ1) is 19.9. The van der Waals surface area contributed by atoms with Crippen molar-refractivity contribution in [2.45, 2.75) is 0 Å². The predicted molar refractivity (Wildman–Crippen MR) is 125 cm³/mol. The molecule has 7 nitrogen and oxygen atoms in total. The fourth-order valence-electron chi connectivity index (χ4n) is 2.96. The molecule has 2 amide bonds. The van der Waals surface area contributed by atoms with Gasteiger partial charge in [0.2, 0.25) is 5.95 Å². The zero-order chi connectivity index (χ0) is 21.5. The third-order valence-corrected chi connectivity index (χ3v) is 4.56. The third-order valence-electron chi connectivity index (χ3n) is 4.56. The molecule has 0 aliphatic rings. The quantitative estimate of drug-likeness (QED) is 0.384. The Kier molecular flexibility index (Phi) is 6.04. The number of hydrogen-bond acceptors (Lipinski definition) is 5. The summed E-state index contributed by atoms with van der Waals surface area (Å²) in [5, 5.41) is 8.82. The minimum atomic E-state index is -0.292. The van der Waals surface area contributed by atoms with Gasteiger partial charge in [0, 0.05) is 36.0 Å². The lowest BCUT2D eigenvalue weighted by molar-refractivity contribution is 0.262. The number of aromatic nitrogens is 2. The van der Waals surface area contributed by atoms with Crippen molar-refractivity contribution < 1.29 is 4.79 Å². The van der Waals surface area contributed by atoms with E-state index in [9.17, 15) is 4.79 Å². The van der Waals surface area contributed by atoms with Crippen molar-refractivity contribution in [3.8, 4) is 0 Å². The van der Waals surface area contributed by atoms with E-state index in [0.717, 1.165) is 22.9 Å². The van der Waals surface area contributed by atoms with E-state index >= 15 is 0 Å². The fourth-order valence-corrected chi connectivity index (χ4v) is 2.96. The van der Waals surface area contributed by atoms with Gasteiger partial charge in [0.15, 0.2) is 0 Å². The topological polar surface area (TPSA) is 82.2 Å². The van der Waals surface area contributed by atoms with Gasteiger partial charge >= 0.3 is 6.03 Å². The molecule has 0 saturated carbocycles. The molecule has 0 radical (unpaired) electrons. The Hall–Kier alpha value is -4.39. The van der Waals surface area contributed by atoms with Crippen molar-refractivity contribution in [3.05, 3.63) is 97.2 Å². The summed E-state index contributed by atoms with van der Waals surface area (Å²) >= 11 is 0. The second-order valence-electron chi connectivity index (χ2n) is 6.78. The van der Waals surface area contributed by atoms with E-state index < -0.39 is 0 Å². The van der Waals surface area contributed by atoms with Crippen molar-refractivity contribution >= 4 is 40.5 Å². The van der Waals surface area contributed by atoms with E-state index in [1.54, 1.807) is 6.20 Å². The molecule has 7 heteroatoms. The number of rotatable bonds is 6. The van der Waals surface area contributed by atoms with Gasteiger partial charge in [0.25, 0.3) is 0 Å². The van der Waals surface area contributed by atoms with Crippen LogP contribution >= 0.6 is 0 Å². The van der Waals surface area contributed by atoms with E-state index in [0.29, 0.717) is 11.6 Å². The van der Waals surface area contributed by atoms with Crippen LogP contribution in [-0.4, -0.2) is 23.0 Å². The number of nitrogens with one attached hydrogen (secondary N) is 3. The molecule has 4 aromatic rings. The highest BCUT2D eigenvalue weighted by molar-refractivity contribution is 5.99. The SMILES string of the molecule is CN(c1ccc(NC(=O)Nc2ccccc2)cc1)c1ccnc(Nc2ccccc2)n1. The molecule has 1 aromatic heterocycles. The Labute approximate surface area is 180 Å². The molecule has 4 rings (SSSR count). The molecule has 0 aliphatic carbocycles. The first-order valence-electron chi connectivity index (χ1n) is 9.79. The van der Waals surface area contributed by atoms with Gasteiger partial charge in [0.05, 0.1) is 0 Å². The number of anilines is 6. The van der Waals surface area contributed by atoms with Gasteiger partial charge in [-0.25, -0.2) is 9.78 Å². The molecule has 31 heavy (non-hydrogen) atoms. The highest BCUT2D eigenvalue weighted by atomic mass is 16.2. The van der Waals surface area contributed by atoms with Crippen LogP contribution in [0.15, 0.2) is 97.2 Å². The lowest BCUT2D eigenvalue weighted by atomic mass is 10.2. The van der Waals surface area contributed by atoms with Crippen LogP contribution < -0.4 is 20.9 Å². The number of nitrogens with zero attached hydrogens (tertiary/aromatic N) is 3. The summed E-state index contributed by atoms with van der Waals surface area (Å²) in [5.74, 6) is 1.27. The van der Waals surface area contributed by atoms with Crippen LogP contribution in [0.25, 0.3) is 0 Å². The van der Waals surface area contributed by atoms with E-state index in [1.807, 2.05) is 103 Å². The van der Waals surface area contributed by atoms with E-state index in [-0.39, 0.29) is 6.03 Å². The molecule has 0 atom stereocenters. The van der Waals surface area contributed by atoms with Crippen molar-refractivity contribution in [1.29, 1.82) is 0 Å². The monoisotopic (exact) mass is 410 g/mol. The molecule has 3 N–H and O–H groups in total. The summed E-state index contributed by atoms with van der Waals surface area (Å²) < 4.78 is 0. The number of amides is 2. The summed E-state index contributed by atoms with van der Waals surface area (Å²) in [6, 6.07) is 28.2. The van der Waals surface area contributed by atoms with Gasteiger partial charge in [-0.2, -0.15) is 4.98 Å². The Morgan fingerprint density at radius 3 is 1.97 bits per heavy atom. The Balaban J connectivity index is 1.40. The van der Waals surface area contributed by atoms with Crippen LogP contribution in [0.2, 0.25) is 0 Å². The predicted octanol–water partition coefficient (Wildman–Crippen LogP) is 5.63. The highest BCUT2D eigenvalue weighted by Crippen LogP contribution is 2.24. The molecule has 0 saturated heterocycles. The van der Waals surface area contributed by atoms with Gasteiger partial charge in [-0.05, 0) is 54.6 Å². The van der Waals surface area contributed by atoms with Crippen LogP contribution in [0.5, 0.6) is 0 Å². The molecule has 1 heterocycles. The number of para-hydroxylation sites is 2. The van der Waals surface area contributed by atoms with Crippen LogP contribution in [0.4, 0.5) is 39.3 Å². The van der Waals surface area contributed by atoms with Gasteiger partial charge in [-0.1, -0.05) is 36.4 Å². The largest absolute Gasteiger partial charge is 0.329 e. The number of carbonyl (C=O) groups is 1. The molecule has 0 aliphatic heterocycles. The molecule has 0 bridgehead atoms. The summed E-state index contributed by atoms with van der Waals surface area (Å²) in [4.78, 5) is 23.0. The number of urea groups is 1. The van der Waals surface area contributed by atoms with Crippen LogP contribution in [0.3, 0.4) is 0 Å². The number of benzene rings is 3. The average Bonchev–Trinajstić information content (AvgIpc) is 2.80. The molecule has 0 fully saturated rings. The van der Waals surface area contributed by atoms with Gasteiger partial charge in [0.1, 0.15) is 5.82 Å². The van der Waals surface area contributed by atoms with E-state index in [2.05, 4.69) is 25.9 Å². The molecule has 0 unspecified atom stereocenters. The van der Waals surface area contributed by atoms with Crippen molar-refractivity contribution in [2.75, 3.05) is 27.9 Å². The van der Waals surface area contributed by atoms with Gasteiger partial charge in [-0.15, -0.1) is 0 Å². The lowest BCUT2D eigenvalue weighted by Gasteiger charge is -2.19. The van der Waals surface area contributed by atoms with E-state index in [1.165, 1.54) is 0 Å². The second-order valence-corrected chi connectivity index (χ2v) is 6.78. The number of hydrogen-bond donors (Lipinski definition) is 3. The van der Waals surface area contributed by atoms with Gasteiger partial charge in [-0.3, -0.25) is 0 Å². The number of carbonyl (C=O) groups excluding carboxylic acids is 1. The maximum Gasteiger partial charge on any atom is 0.323 e. The first-order valence-corrected chi connectivity index (χ1v) is 9.79. The molecule has 154 valence electrons. The minimum absolute atomic E-state index is 0.292. The Morgan fingerprint density at radius 1 is 0.742 bits per heavy atom. The van der Waals surface area contributed by atoms with Crippen LogP contribution in [-0.2, 0) is 0 Å². The smallest absolute Gasteiger partial charge is 0.323 e. The molecule has 3 aromatic carbocycles. The maximum absolute atomic E-state index is 12.2. The average molecular weight is 410 g/mol. The molecular weight excluding hydrogens is 388 g/mol. The second kappa shape index (κ2) is 9.41. The summed E-state index contributed by atoms with van der Waals surface area (Å²) in [7, 11) is 1.93. The van der Waals surface area contributed by atoms with Gasteiger partial charge < -0.3 is 20.9 Å². The summed E-state index contributed by atoms with van der Waals surface area (Å²) in [5.41, 5.74) is 3.28. The van der Waals surface area contributed by atoms with Crippen LogP contribution in [0.1, 0.15) is 0 Å². The normalized spacial score (nSPS) is 10.2. The lowest BCUT2D eigenvalue weighted by Crippen LogP contribution is -2.19. The molecular formula is C24H22N6O. The zero-order valence-corrected chi connectivity index (χ0v) is 17.0. The third kappa shape index (κ3) is 5.36. The zero-order valence-electron chi connectivity index (χ0n) is 17.0. The summed E-state index contributed by atoms with van der Waals surface area (Å²) in [6.07, 6.45) is 1.72.